The van der Waals surface area contributed by atoms with Crippen molar-refractivity contribution in [2.24, 2.45) is 0 Å². The predicted octanol–water partition coefficient (Wildman–Crippen LogP) is -0.949. The standard InChI is InChI=1S/2Ca.2H2O3S.4H/c;;2*1-4(2)3;;;;/h;;2*(H2,1,2,3);;;;/q2*+2;;;4*-1. The quantitative estimate of drug-likeness (QED) is 0.324. The van der Waals surface area contributed by atoms with Crippen molar-refractivity contribution in [1.82, 2.24) is 0 Å². The van der Waals surface area contributed by atoms with E-state index in [2.05, 4.69) is 0 Å². The Labute approximate surface area is 128 Å². The molecule has 0 aliphatic rings. The van der Waals surface area contributed by atoms with Crippen LogP contribution in [0.4, 0.5) is 0 Å². The second kappa shape index (κ2) is 17.7. The maximum Gasteiger partial charge on any atom is 2.00 e. The van der Waals surface area contributed by atoms with E-state index >= 15 is 0 Å². The van der Waals surface area contributed by atoms with E-state index < -0.39 is 22.7 Å². The normalized spacial score (nSPS) is 7.00. The zero-order chi connectivity index (χ0) is 7.15. The molecule has 0 fully saturated rings. The van der Waals surface area contributed by atoms with Gasteiger partial charge in [-0.25, -0.2) is 0 Å². The summed E-state index contributed by atoms with van der Waals surface area (Å²) in [4.78, 5) is 0. The van der Waals surface area contributed by atoms with Crippen molar-refractivity contribution in [3.05, 3.63) is 0 Å². The third kappa shape index (κ3) is 141. The molecule has 0 amide bonds. The van der Waals surface area contributed by atoms with Crippen molar-refractivity contribution in [1.29, 1.82) is 0 Å². The third-order valence-electron chi connectivity index (χ3n) is 0. The summed E-state index contributed by atoms with van der Waals surface area (Å²) in [7, 11) is 0. The van der Waals surface area contributed by atoms with Gasteiger partial charge in [0.05, 0.1) is 0 Å². The fraction of sp³-hybridized carbons (Fsp3) is 0. The average Bonchev–Trinajstić information content (AvgIpc) is 1.25. The molecule has 60 valence electrons. The minimum Gasteiger partial charge on any atom is -1.00 e. The minimum absolute atomic E-state index is 0. The van der Waals surface area contributed by atoms with Gasteiger partial charge in [0.2, 0.25) is 0 Å². The Bertz CT molecular complexity index is 83.8. The molecule has 0 saturated carbocycles. The Kier molecular flexibility index (Phi) is 40.5. The summed E-state index contributed by atoms with van der Waals surface area (Å²) in [6.07, 6.45) is 0. The van der Waals surface area contributed by atoms with Crippen LogP contribution in [0.15, 0.2) is 0 Å². The molecule has 4 N–H and O–H groups in total. The van der Waals surface area contributed by atoms with Crippen LogP contribution in [0, 0.1) is 0 Å². The number of hydrogen-bond acceptors (Lipinski definition) is 2. The first-order valence-electron chi connectivity index (χ1n) is 1.06. The van der Waals surface area contributed by atoms with Crippen LogP contribution in [-0.2, 0) is 22.7 Å². The Morgan fingerprint density at radius 1 is 0.800 bits per heavy atom. The van der Waals surface area contributed by atoms with Crippen molar-refractivity contribution < 1.29 is 32.3 Å². The molecule has 0 bridgehead atoms. The van der Waals surface area contributed by atoms with Crippen LogP contribution in [0.25, 0.3) is 0 Å². The molecule has 10 heavy (non-hydrogen) atoms. The van der Waals surface area contributed by atoms with Crippen molar-refractivity contribution >= 4 is 98.2 Å². The summed E-state index contributed by atoms with van der Waals surface area (Å²) in [5, 5.41) is 0. The first-order valence-corrected chi connectivity index (χ1v) is 3.19. The van der Waals surface area contributed by atoms with Gasteiger partial charge < -0.3 is 5.71 Å². The Balaban J connectivity index is -0.00000000600. The summed E-state index contributed by atoms with van der Waals surface area (Å²) in [5.41, 5.74) is 0. The molecule has 0 spiro atoms. The van der Waals surface area contributed by atoms with E-state index in [1.165, 1.54) is 0 Å². The molecule has 0 saturated heterocycles. The molecule has 0 atom stereocenters. The molecule has 0 aliphatic carbocycles. The smallest absolute Gasteiger partial charge is 1.00 e. The Morgan fingerprint density at radius 2 is 0.800 bits per heavy atom. The first kappa shape index (κ1) is 23.0. The molecule has 0 rings (SSSR count). The molecule has 0 aromatic rings. The number of hydrogen-bond donors (Lipinski definition) is 4. The van der Waals surface area contributed by atoms with E-state index in [4.69, 9.17) is 26.6 Å². The van der Waals surface area contributed by atoms with Crippen LogP contribution in [-0.4, -0.2) is 102 Å². The van der Waals surface area contributed by atoms with Gasteiger partial charge >= 0.3 is 75.5 Å². The monoisotopic (exact) mass is 248 g/mol. The SMILES string of the molecule is O=S(O)O.O=S(O)O.[Ca+2].[Ca+2].[H-].[H-].[H-].[H-]. The third-order valence-corrected chi connectivity index (χ3v) is 0. The Hall–Kier alpha value is 2.66. The minimum atomic E-state index is -2.61. The van der Waals surface area contributed by atoms with Crippen molar-refractivity contribution in [3.63, 3.8) is 0 Å². The molecule has 0 aromatic heterocycles. The molecular weight excluding hydrogens is 240 g/mol. The van der Waals surface area contributed by atoms with Gasteiger partial charge in [0.25, 0.3) is 22.7 Å². The van der Waals surface area contributed by atoms with Gasteiger partial charge in [0, 0.05) is 0 Å². The maximum atomic E-state index is 8.67. The van der Waals surface area contributed by atoms with Gasteiger partial charge in [-0.05, 0) is 0 Å². The maximum absolute atomic E-state index is 8.67. The van der Waals surface area contributed by atoms with Gasteiger partial charge in [0.1, 0.15) is 0 Å². The Morgan fingerprint density at radius 3 is 0.800 bits per heavy atom. The first-order chi connectivity index (χ1) is 3.46. The van der Waals surface area contributed by atoms with Crippen LogP contribution in [0.2, 0.25) is 0 Å². The molecule has 6 nitrogen and oxygen atoms in total. The molecular formula is H8Ca2O6S2. The van der Waals surface area contributed by atoms with Crippen LogP contribution in [0.3, 0.4) is 0 Å². The summed E-state index contributed by atoms with van der Waals surface area (Å²) >= 11 is -5.22. The van der Waals surface area contributed by atoms with E-state index in [9.17, 15) is 0 Å². The molecule has 0 radical (unpaired) electrons. The molecule has 0 unspecified atom stereocenters. The average molecular weight is 248 g/mol. The van der Waals surface area contributed by atoms with E-state index in [0.29, 0.717) is 0 Å². The molecule has 0 aliphatic heterocycles. The van der Waals surface area contributed by atoms with Crippen molar-refractivity contribution in [2.75, 3.05) is 0 Å². The summed E-state index contributed by atoms with van der Waals surface area (Å²) in [6, 6.07) is 0. The molecule has 0 heterocycles. The second-order valence-electron chi connectivity index (χ2n) is 0.461. The van der Waals surface area contributed by atoms with Crippen LogP contribution < -0.4 is 0 Å². The van der Waals surface area contributed by atoms with Crippen molar-refractivity contribution in [2.45, 2.75) is 0 Å². The van der Waals surface area contributed by atoms with Crippen LogP contribution in [0.1, 0.15) is 5.71 Å². The largest absolute Gasteiger partial charge is 2.00 e. The predicted molar refractivity (Wildman–Crippen MR) is 42.8 cm³/mol. The van der Waals surface area contributed by atoms with Gasteiger partial charge in [-0.1, -0.05) is 0 Å². The van der Waals surface area contributed by atoms with Gasteiger partial charge in [-0.15, -0.1) is 0 Å². The van der Waals surface area contributed by atoms with Crippen LogP contribution in [0.5, 0.6) is 0 Å². The topological polar surface area (TPSA) is 115 Å². The van der Waals surface area contributed by atoms with E-state index in [0.717, 1.165) is 0 Å². The molecule has 0 aromatic carbocycles. The van der Waals surface area contributed by atoms with Crippen molar-refractivity contribution in [3.8, 4) is 0 Å². The number of rotatable bonds is 0. The molecule has 10 heteroatoms. The van der Waals surface area contributed by atoms with E-state index in [-0.39, 0.29) is 81.2 Å². The fourth-order valence-corrected chi connectivity index (χ4v) is 0. The van der Waals surface area contributed by atoms with Gasteiger partial charge in [-0.3, -0.25) is 18.2 Å². The summed E-state index contributed by atoms with van der Waals surface area (Å²) in [6.45, 7) is 0. The fourth-order valence-electron chi connectivity index (χ4n) is 0. The van der Waals surface area contributed by atoms with Crippen LogP contribution >= 0.6 is 0 Å². The summed E-state index contributed by atoms with van der Waals surface area (Å²) in [5.74, 6) is 0. The summed E-state index contributed by atoms with van der Waals surface area (Å²) < 4.78 is 45.7. The van der Waals surface area contributed by atoms with E-state index in [1.807, 2.05) is 0 Å². The van der Waals surface area contributed by atoms with E-state index in [1.54, 1.807) is 0 Å². The van der Waals surface area contributed by atoms with Gasteiger partial charge in [-0.2, -0.15) is 8.42 Å². The van der Waals surface area contributed by atoms with Gasteiger partial charge in [0.15, 0.2) is 0 Å². The second-order valence-corrected chi connectivity index (χ2v) is 1.38. The zero-order valence-corrected chi connectivity index (χ0v) is 10.9. The zero-order valence-electron chi connectivity index (χ0n) is 8.84.